The molecule has 1 saturated carbocycles. The van der Waals surface area contributed by atoms with Crippen molar-refractivity contribution in [1.82, 2.24) is 4.72 Å². The van der Waals surface area contributed by atoms with Gasteiger partial charge in [-0.05, 0) is 43.4 Å². The molecule has 0 radical (unpaired) electrons. The molecule has 1 aliphatic rings. The second kappa shape index (κ2) is 5.79. The Morgan fingerprint density at radius 2 is 2.05 bits per heavy atom. The van der Waals surface area contributed by atoms with E-state index < -0.39 is 21.7 Å². The van der Waals surface area contributed by atoms with E-state index in [0.29, 0.717) is 24.8 Å². The molecular formula is C14H20FNO3S. The van der Waals surface area contributed by atoms with E-state index in [2.05, 4.69) is 4.72 Å². The SMILES string of the molecule is CCCS(=O)(=O)NC1CCCC1(O)c1ccc(F)cc1. The van der Waals surface area contributed by atoms with Gasteiger partial charge in [0.05, 0.1) is 11.8 Å². The zero-order valence-corrected chi connectivity index (χ0v) is 12.3. The van der Waals surface area contributed by atoms with Crippen LogP contribution in [0.3, 0.4) is 0 Å². The van der Waals surface area contributed by atoms with Gasteiger partial charge in [-0.25, -0.2) is 17.5 Å². The van der Waals surface area contributed by atoms with Crippen LogP contribution < -0.4 is 4.72 Å². The lowest BCUT2D eigenvalue weighted by atomic mass is 9.89. The summed E-state index contributed by atoms with van der Waals surface area (Å²) < 4.78 is 39.3. The predicted molar refractivity (Wildman–Crippen MR) is 75.1 cm³/mol. The highest BCUT2D eigenvalue weighted by atomic mass is 32.2. The van der Waals surface area contributed by atoms with Gasteiger partial charge in [0.25, 0.3) is 0 Å². The standard InChI is InChI=1S/C14H20FNO3S/c1-2-10-20(18,19)16-13-4-3-9-14(13,17)11-5-7-12(15)8-6-11/h5-8,13,16-17H,2-4,9-10H2,1H3. The molecule has 2 rings (SSSR count). The average Bonchev–Trinajstić information content (AvgIpc) is 2.72. The molecule has 2 N–H and O–H groups in total. The minimum Gasteiger partial charge on any atom is -0.383 e. The Kier molecular flexibility index (Phi) is 4.46. The van der Waals surface area contributed by atoms with E-state index in [0.717, 1.165) is 6.42 Å². The summed E-state index contributed by atoms with van der Waals surface area (Å²) in [7, 11) is -3.39. The topological polar surface area (TPSA) is 66.4 Å². The molecule has 0 amide bonds. The molecule has 2 atom stereocenters. The van der Waals surface area contributed by atoms with Crippen LogP contribution >= 0.6 is 0 Å². The third-order valence-electron chi connectivity index (χ3n) is 3.77. The van der Waals surface area contributed by atoms with Gasteiger partial charge >= 0.3 is 0 Å². The van der Waals surface area contributed by atoms with Gasteiger partial charge in [-0.2, -0.15) is 0 Å². The highest BCUT2D eigenvalue weighted by molar-refractivity contribution is 7.89. The highest BCUT2D eigenvalue weighted by Crippen LogP contribution is 2.39. The van der Waals surface area contributed by atoms with Crippen molar-refractivity contribution in [2.75, 3.05) is 5.75 Å². The van der Waals surface area contributed by atoms with Crippen LogP contribution in [0.25, 0.3) is 0 Å². The van der Waals surface area contributed by atoms with Gasteiger partial charge in [0.2, 0.25) is 10.0 Å². The fraction of sp³-hybridized carbons (Fsp3) is 0.571. The fourth-order valence-electron chi connectivity index (χ4n) is 2.77. The lowest BCUT2D eigenvalue weighted by molar-refractivity contribution is 0.0230. The Morgan fingerprint density at radius 1 is 1.40 bits per heavy atom. The largest absolute Gasteiger partial charge is 0.383 e. The summed E-state index contributed by atoms with van der Waals surface area (Å²) in [6.07, 6.45) is 2.30. The van der Waals surface area contributed by atoms with Crippen LogP contribution in [-0.2, 0) is 15.6 Å². The van der Waals surface area contributed by atoms with E-state index >= 15 is 0 Å². The molecule has 0 bridgehead atoms. The summed E-state index contributed by atoms with van der Waals surface area (Å²) >= 11 is 0. The van der Waals surface area contributed by atoms with Crippen molar-refractivity contribution in [3.8, 4) is 0 Å². The van der Waals surface area contributed by atoms with E-state index in [-0.39, 0.29) is 11.6 Å². The number of hydrogen-bond acceptors (Lipinski definition) is 3. The summed E-state index contributed by atoms with van der Waals surface area (Å²) in [5.41, 5.74) is -0.699. The smallest absolute Gasteiger partial charge is 0.211 e. The minimum absolute atomic E-state index is 0.0446. The Morgan fingerprint density at radius 3 is 2.65 bits per heavy atom. The van der Waals surface area contributed by atoms with Gasteiger partial charge in [-0.1, -0.05) is 19.1 Å². The number of halogens is 1. The Labute approximate surface area is 119 Å². The summed E-state index contributed by atoms with van der Waals surface area (Å²) in [6.45, 7) is 1.79. The van der Waals surface area contributed by atoms with Crippen LogP contribution in [0.4, 0.5) is 4.39 Å². The maximum Gasteiger partial charge on any atom is 0.211 e. The molecule has 2 unspecified atom stereocenters. The van der Waals surface area contributed by atoms with E-state index in [9.17, 15) is 17.9 Å². The van der Waals surface area contributed by atoms with Gasteiger partial charge in [0.15, 0.2) is 0 Å². The minimum atomic E-state index is -3.39. The lowest BCUT2D eigenvalue weighted by Crippen LogP contribution is -2.47. The van der Waals surface area contributed by atoms with Gasteiger partial charge in [-0.3, -0.25) is 0 Å². The maximum atomic E-state index is 13.0. The first-order chi connectivity index (χ1) is 9.37. The van der Waals surface area contributed by atoms with Crippen LogP contribution in [0.2, 0.25) is 0 Å². The van der Waals surface area contributed by atoms with E-state index in [1.807, 2.05) is 0 Å². The molecule has 6 heteroatoms. The van der Waals surface area contributed by atoms with E-state index in [1.165, 1.54) is 24.3 Å². The van der Waals surface area contributed by atoms with Gasteiger partial charge in [0.1, 0.15) is 11.4 Å². The zero-order valence-electron chi connectivity index (χ0n) is 11.5. The third-order valence-corrected chi connectivity index (χ3v) is 5.36. The van der Waals surface area contributed by atoms with Gasteiger partial charge < -0.3 is 5.11 Å². The number of benzene rings is 1. The van der Waals surface area contributed by atoms with Crippen molar-refractivity contribution < 1.29 is 17.9 Å². The molecule has 20 heavy (non-hydrogen) atoms. The number of hydrogen-bond donors (Lipinski definition) is 2. The fourth-order valence-corrected chi connectivity index (χ4v) is 4.18. The normalized spacial score (nSPS) is 26.9. The molecule has 0 aromatic heterocycles. The molecule has 1 aromatic carbocycles. The molecular weight excluding hydrogens is 281 g/mol. The second-order valence-corrected chi connectivity index (χ2v) is 7.19. The quantitative estimate of drug-likeness (QED) is 0.873. The molecule has 0 saturated heterocycles. The molecule has 1 aromatic rings. The van der Waals surface area contributed by atoms with Crippen LogP contribution in [0.1, 0.15) is 38.2 Å². The Bertz CT molecular complexity index is 558. The Balaban J connectivity index is 2.23. The molecule has 0 aliphatic heterocycles. The number of sulfonamides is 1. The molecule has 1 fully saturated rings. The predicted octanol–water partition coefficient (Wildman–Crippen LogP) is 1.90. The van der Waals surface area contributed by atoms with Crippen molar-refractivity contribution >= 4 is 10.0 Å². The van der Waals surface area contributed by atoms with Crippen molar-refractivity contribution in [3.05, 3.63) is 35.6 Å². The zero-order chi connectivity index (χ0) is 14.8. The monoisotopic (exact) mass is 301 g/mol. The van der Waals surface area contributed by atoms with Crippen LogP contribution in [0.5, 0.6) is 0 Å². The van der Waals surface area contributed by atoms with Crippen molar-refractivity contribution in [3.63, 3.8) is 0 Å². The Hall–Kier alpha value is -0.980. The van der Waals surface area contributed by atoms with Gasteiger partial charge in [-0.15, -0.1) is 0 Å². The summed E-state index contributed by atoms with van der Waals surface area (Å²) in [6, 6.07) is 5.04. The molecule has 112 valence electrons. The average molecular weight is 301 g/mol. The summed E-state index contributed by atoms with van der Waals surface area (Å²) in [5, 5.41) is 10.8. The lowest BCUT2D eigenvalue weighted by Gasteiger charge is -2.31. The first-order valence-electron chi connectivity index (χ1n) is 6.86. The van der Waals surface area contributed by atoms with Crippen molar-refractivity contribution in [1.29, 1.82) is 0 Å². The second-order valence-electron chi connectivity index (χ2n) is 5.31. The first-order valence-corrected chi connectivity index (χ1v) is 8.51. The van der Waals surface area contributed by atoms with Crippen LogP contribution in [0.15, 0.2) is 24.3 Å². The van der Waals surface area contributed by atoms with Gasteiger partial charge in [0, 0.05) is 0 Å². The van der Waals surface area contributed by atoms with E-state index in [1.54, 1.807) is 6.92 Å². The first kappa shape index (κ1) is 15.4. The summed E-state index contributed by atoms with van der Waals surface area (Å²) in [4.78, 5) is 0. The number of aliphatic hydroxyl groups is 1. The van der Waals surface area contributed by atoms with E-state index in [4.69, 9.17) is 0 Å². The van der Waals surface area contributed by atoms with Crippen molar-refractivity contribution in [2.45, 2.75) is 44.2 Å². The molecule has 0 spiro atoms. The maximum absolute atomic E-state index is 13.0. The summed E-state index contributed by atoms with van der Waals surface area (Å²) in [5.74, 6) is -0.332. The number of rotatable bonds is 5. The molecule has 4 nitrogen and oxygen atoms in total. The van der Waals surface area contributed by atoms with Crippen molar-refractivity contribution in [2.24, 2.45) is 0 Å². The number of nitrogens with one attached hydrogen (secondary N) is 1. The third kappa shape index (κ3) is 3.19. The molecule has 1 aliphatic carbocycles. The highest BCUT2D eigenvalue weighted by Gasteiger charge is 2.44. The van der Waals surface area contributed by atoms with Crippen LogP contribution in [-0.4, -0.2) is 25.3 Å². The van der Waals surface area contributed by atoms with Crippen LogP contribution in [0, 0.1) is 5.82 Å². The molecule has 0 heterocycles.